The number of esters is 1. The normalized spacial score (nSPS) is 11.4. The minimum atomic E-state index is -0.715. The number of methoxy groups -OCH3 is 1. The van der Waals surface area contributed by atoms with Gasteiger partial charge in [0.2, 0.25) is 5.91 Å². The number of amides is 1. The minimum absolute atomic E-state index is 0.168. The summed E-state index contributed by atoms with van der Waals surface area (Å²) in [6.07, 6.45) is 6.83. The molecule has 0 aliphatic rings. The van der Waals surface area contributed by atoms with Crippen LogP contribution in [0.1, 0.15) is 33.1 Å². The van der Waals surface area contributed by atoms with E-state index in [0.29, 0.717) is 32.4 Å². The predicted molar refractivity (Wildman–Crippen MR) is 66.1 cm³/mol. The van der Waals surface area contributed by atoms with Gasteiger partial charge < -0.3 is 9.64 Å². The van der Waals surface area contributed by atoms with Gasteiger partial charge in [-0.2, -0.15) is 0 Å². The molecule has 0 aromatic heterocycles. The number of hydrogen-bond donors (Lipinski definition) is 0. The van der Waals surface area contributed by atoms with Crippen molar-refractivity contribution in [1.29, 1.82) is 0 Å². The van der Waals surface area contributed by atoms with E-state index in [-0.39, 0.29) is 5.91 Å². The van der Waals surface area contributed by atoms with Gasteiger partial charge in [0.15, 0.2) is 0 Å². The van der Waals surface area contributed by atoms with Crippen molar-refractivity contribution in [3.05, 3.63) is 0 Å². The van der Waals surface area contributed by atoms with Crippen molar-refractivity contribution < 1.29 is 14.3 Å². The molecule has 0 aromatic rings. The number of rotatable bonds is 7. The summed E-state index contributed by atoms with van der Waals surface area (Å²) in [6.45, 7) is 4.96. The summed E-state index contributed by atoms with van der Waals surface area (Å²) in [6, 6.07) is 0. The third-order valence-corrected chi connectivity index (χ3v) is 2.67. The Balaban J connectivity index is 4.61. The summed E-state index contributed by atoms with van der Waals surface area (Å²) in [5.41, 5.74) is 0. The standard InChI is InChI=1S/C13H21NO3/c1-5-8-9-10-11(13(16)17-4)12(15)14(6-2)7-3/h1,11H,6-10H2,2-4H3. The monoisotopic (exact) mass is 239 g/mol. The Kier molecular flexibility index (Phi) is 7.87. The number of carbonyl (C=O) groups is 2. The second-order valence-electron chi connectivity index (χ2n) is 3.68. The Morgan fingerprint density at radius 2 is 1.94 bits per heavy atom. The lowest BCUT2D eigenvalue weighted by atomic mass is 10.0. The highest BCUT2D eigenvalue weighted by Gasteiger charge is 2.29. The molecule has 4 nitrogen and oxygen atoms in total. The van der Waals surface area contributed by atoms with Crippen molar-refractivity contribution in [3.8, 4) is 12.3 Å². The van der Waals surface area contributed by atoms with E-state index in [1.165, 1.54) is 7.11 Å². The highest BCUT2D eigenvalue weighted by atomic mass is 16.5. The van der Waals surface area contributed by atoms with Crippen molar-refractivity contribution in [2.45, 2.75) is 33.1 Å². The number of hydrogen-bond acceptors (Lipinski definition) is 3. The Labute approximate surface area is 103 Å². The van der Waals surface area contributed by atoms with Crippen LogP contribution in [0.25, 0.3) is 0 Å². The van der Waals surface area contributed by atoms with Crippen LogP contribution in [0.2, 0.25) is 0 Å². The van der Waals surface area contributed by atoms with Crippen LogP contribution in [0.4, 0.5) is 0 Å². The van der Waals surface area contributed by atoms with Crippen LogP contribution in [0.3, 0.4) is 0 Å². The first kappa shape index (κ1) is 15.5. The Bertz CT molecular complexity index is 290. The van der Waals surface area contributed by atoms with Gasteiger partial charge in [-0.15, -0.1) is 12.3 Å². The Morgan fingerprint density at radius 3 is 2.35 bits per heavy atom. The fourth-order valence-electron chi connectivity index (χ4n) is 1.65. The van der Waals surface area contributed by atoms with Gasteiger partial charge in [0.25, 0.3) is 0 Å². The van der Waals surface area contributed by atoms with Crippen molar-refractivity contribution in [3.63, 3.8) is 0 Å². The van der Waals surface area contributed by atoms with Gasteiger partial charge in [-0.3, -0.25) is 9.59 Å². The van der Waals surface area contributed by atoms with E-state index < -0.39 is 11.9 Å². The Morgan fingerprint density at radius 1 is 1.35 bits per heavy atom. The summed E-state index contributed by atoms with van der Waals surface area (Å²) in [4.78, 5) is 25.3. The third-order valence-electron chi connectivity index (χ3n) is 2.67. The smallest absolute Gasteiger partial charge is 0.318 e. The quantitative estimate of drug-likeness (QED) is 0.292. The molecule has 0 spiro atoms. The summed E-state index contributed by atoms with van der Waals surface area (Å²) >= 11 is 0. The zero-order chi connectivity index (χ0) is 13.3. The maximum Gasteiger partial charge on any atom is 0.318 e. The molecule has 1 amide bonds. The molecule has 0 aromatic carbocycles. The molecular formula is C13H21NO3. The molecule has 0 bridgehead atoms. The second kappa shape index (κ2) is 8.63. The zero-order valence-electron chi connectivity index (χ0n) is 10.9. The maximum atomic E-state index is 12.1. The first-order chi connectivity index (χ1) is 8.12. The molecule has 0 saturated heterocycles. The number of terminal acetylenes is 1. The molecule has 0 aliphatic carbocycles. The van der Waals surface area contributed by atoms with Gasteiger partial charge >= 0.3 is 5.97 Å². The molecular weight excluding hydrogens is 218 g/mol. The molecule has 1 unspecified atom stereocenters. The minimum Gasteiger partial charge on any atom is -0.468 e. The highest BCUT2D eigenvalue weighted by molar-refractivity contribution is 5.97. The molecule has 0 heterocycles. The molecule has 0 radical (unpaired) electrons. The van der Waals surface area contributed by atoms with Gasteiger partial charge in [-0.05, 0) is 26.7 Å². The second-order valence-corrected chi connectivity index (χ2v) is 3.68. The number of nitrogens with zero attached hydrogens (tertiary/aromatic N) is 1. The van der Waals surface area contributed by atoms with Crippen LogP contribution in [0.5, 0.6) is 0 Å². The summed E-state index contributed by atoms with van der Waals surface area (Å²) in [5.74, 6) is 1.14. The average molecular weight is 239 g/mol. The van der Waals surface area contributed by atoms with E-state index >= 15 is 0 Å². The van der Waals surface area contributed by atoms with Crippen molar-refractivity contribution in [2.75, 3.05) is 20.2 Å². The lowest BCUT2D eigenvalue weighted by Gasteiger charge is -2.23. The molecule has 0 rings (SSSR count). The Hall–Kier alpha value is -1.50. The van der Waals surface area contributed by atoms with Crippen molar-refractivity contribution >= 4 is 11.9 Å². The first-order valence-corrected chi connectivity index (χ1v) is 5.92. The van der Waals surface area contributed by atoms with E-state index in [1.807, 2.05) is 13.8 Å². The lowest BCUT2D eigenvalue weighted by molar-refractivity contribution is -0.154. The average Bonchev–Trinajstić information content (AvgIpc) is 2.35. The number of carbonyl (C=O) groups excluding carboxylic acids is 2. The van der Waals surface area contributed by atoms with E-state index in [1.54, 1.807) is 4.90 Å². The summed E-state index contributed by atoms with van der Waals surface area (Å²) in [7, 11) is 1.30. The molecule has 0 fully saturated rings. The molecule has 0 saturated carbocycles. The lowest BCUT2D eigenvalue weighted by Crippen LogP contribution is -2.39. The number of unbranched alkanes of at least 4 members (excludes halogenated alkanes) is 1. The predicted octanol–water partition coefficient (Wildman–Crippen LogP) is 1.45. The van der Waals surface area contributed by atoms with Crippen LogP contribution in [-0.4, -0.2) is 37.0 Å². The van der Waals surface area contributed by atoms with Gasteiger partial charge in [-0.25, -0.2) is 0 Å². The zero-order valence-corrected chi connectivity index (χ0v) is 10.9. The maximum absolute atomic E-state index is 12.1. The molecule has 1 atom stereocenters. The molecule has 17 heavy (non-hydrogen) atoms. The van der Waals surface area contributed by atoms with Crippen LogP contribution in [0, 0.1) is 18.3 Å². The highest BCUT2D eigenvalue weighted by Crippen LogP contribution is 2.14. The van der Waals surface area contributed by atoms with E-state index in [4.69, 9.17) is 6.42 Å². The van der Waals surface area contributed by atoms with Crippen LogP contribution < -0.4 is 0 Å². The van der Waals surface area contributed by atoms with Gasteiger partial charge in [0.1, 0.15) is 5.92 Å². The van der Waals surface area contributed by atoms with Crippen LogP contribution in [-0.2, 0) is 14.3 Å². The summed E-state index contributed by atoms with van der Waals surface area (Å²) in [5, 5.41) is 0. The third kappa shape index (κ3) is 4.90. The summed E-state index contributed by atoms with van der Waals surface area (Å²) < 4.78 is 4.67. The van der Waals surface area contributed by atoms with E-state index in [2.05, 4.69) is 10.7 Å². The van der Waals surface area contributed by atoms with Crippen molar-refractivity contribution in [2.24, 2.45) is 5.92 Å². The largest absolute Gasteiger partial charge is 0.468 e. The van der Waals surface area contributed by atoms with E-state index in [0.717, 1.165) is 0 Å². The molecule has 0 aliphatic heterocycles. The van der Waals surface area contributed by atoms with Crippen molar-refractivity contribution in [1.82, 2.24) is 4.90 Å². The molecule has 4 heteroatoms. The molecule has 96 valence electrons. The topological polar surface area (TPSA) is 46.6 Å². The fourth-order valence-corrected chi connectivity index (χ4v) is 1.65. The van der Waals surface area contributed by atoms with Crippen LogP contribution >= 0.6 is 0 Å². The first-order valence-electron chi connectivity index (χ1n) is 5.92. The SMILES string of the molecule is C#CCCCC(C(=O)OC)C(=O)N(CC)CC. The number of ether oxygens (including phenoxy) is 1. The molecule has 0 N–H and O–H groups in total. The van der Waals surface area contributed by atoms with Crippen LogP contribution in [0.15, 0.2) is 0 Å². The van der Waals surface area contributed by atoms with Gasteiger partial charge in [-0.1, -0.05) is 0 Å². The fraction of sp³-hybridized carbons (Fsp3) is 0.692. The van der Waals surface area contributed by atoms with Gasteiger partial charge in [0.05, 0.1) is 7.11 Å². The van der Waals surface area contributed by atoms with E-state index in [9.17, 15) is 9.59 Å². The van der Waals surface area contributed by atoms with Gasteiger partial charge in [0, 0.05) is 19.5 Å².